The minimum absolute atomic E-state index is 0.201. The molecule has 0 bridgehead atoms. The number of para-hydroxylation sites is 1. The first-order valence-electron chi connectivity index (χ1n) is 5.25. The number of rotatable bonds is 0. The first kappa shape index (κ1) is 9.73. The standard InChI is InChI=1S/C13H11NOS/c15-10-5-6-11-9(7-10)8-16-13-4-2-1-3-12(13)14-11/h1-6,14H,7-8H2. The van der Waals surface area contributed by atoms with E-state index in [1.807, 2.05) is 18.2 Å². The Balaban J connectivity index is 1.99. The predicted molar refractivity (Wildman–Crippen MR) is 66.6 cm³/mol. The number of benzene rings is 1. The van der Waals surface area contributed by atoms with Crippen LogP contribution in [0.25, 0.3) is 0 Å². The van der Waals surface area contributed by atoms with Crippen molar-refractivity contribution >= 4 is 23.2 Å². The van der Waals surface area contributed by atoms with Crippen molar-refractivity contribution in [2.75, 3.05) is 11.1 Å². The second-order valence-electron chi connectivity index (χ2n) is 3.90. The first-order chi connectivity index (χ1) is 7.83. The van der Waals surface area contributed by atoms with E-state index >= 15 is 0 Å². The first-order valence-corrected chi connectivity index (χ1v) is 6.23. The third-order valence-electron chi connectivity index (χ3n) is 2.76. The quantitative estimate of drug-likeness (QED) is 0.741. The Morgan fingerprint density at radius 2 is 2.06 bits per heavy atom. The fraction of sp³-hybridized carbons (Fsp3) is 0.154. The maximum Gasteiger partial charge on any atom is 0.159 e. The van der Waals surface area contributed by atoms with Crippen molar-refractivity contribution < 1.29 is 4.79 Å². The van der Waals surface area contributed by atoms with Crippen molar-refractivity contribution in [3.63, 3.8) is 0 Å². The summed E-state index contributed by atoms with van der Waals surface area (Å²) in [5, 5.41) is 3.40. The molecule has 3 rings (SSSR count). The monoisotopic (exact) mass is 229 g/mol. The smallest absolute Gasteiger partial charge is 0.159 e. The molecule has 1 heterocycles. The molecule has 80 valence electrons. The van der Waals surface area contributed by atoms with Gasteiger partial charge in [-0.1, -0.05) is 12.1 Å². The summed E-state index contributed by atoms with van der Waals surface area (Å²) in [6.45, 7) is 0. The molecule has 1 N–H and O–H groups in total. The summed E-state index contributed by atoms with van der Waals surface area (Å²) in [7, 11) is 0. The summed E-state index contributed by atoms with van der Waals surface area (Å²) in [5.41, 5.74) is 3.43. The minimum Gasteiger partial charge on any atom is -0.355 e. The van der Waals surface area contributed by atoms with E-state index in [0.717, 1.165) is 17.1 Å². The van der Waals surface area contributed by atoms with Gasteiger partial charge in [-0.2, -0.15) is 0 Å². The van der Waals surface area contributed by atoms with Gasteiger partial charge in [0.25, 0.3) is 0 Å². The summed E-state index contributed by atoms with van der Waals surface area (Å²) >= 11 is 1.79. The molecule has 1 aromatic rings. The highest BCUT2D eigenvalue weighted by Crippen LogP contribution is 2.35. The molecule has 1 aromatic carbocycles. The molecule has 0 unspecified atom stereocenters. The molecular weight excluding hydrogens is 218 g/mol. The Kier molecular flexibility index (Phi) is 2.33. The van der Waals surface area contributed by atoms with E-state index in [1.54, 1.807) is 17.8 Å². The van der Waals surface area contributed by atoms with Crippen LogP contribution in [0.3, 0.4) is 0 Å². The van der Waals surface area contributed by atoms with Gasteiger partial charge in [-0.25, -0.2) is 0 Å². The van der Waals surface area contributed by atoms with Gasteiger partial charge in [-0.05, 0) is 29.9 Å². The third kappa shape index (κ3) is 1.67. The molecule has 0 atom stereocenters. The van der Waals surface area contributed by atoms with E-state index in [0.29, 0.717) is 6.42 Å². The van der Waals surface area contributed by atoms with E-state index < -0.39 is 0 Å². The van der Waals surface area contributed by atoms with Crippen LogP contribution in [0.1, 0.15) is 6.42 Å². The molecule has 2 nitrogen and oxygen atoms in total. The van der Waals surface area contributed by atoms with E-state index in [2.05, 4.69) is 17.4 Å². The number of hydrogen-bond acceptors (Lipinski definition) is 3. The number of ketones is 1. The lowest BCUT2D eigenvalue weighted by Crippen LogP contribution is -2.09. The Labute approximate surface area is 98.4 Å². The lowest BCUT2D eigenvalue weighted by atomic mass is 10.0. The summed E-state index contributed by atoms with van der Waals surface area (Å²) in [5.74, 6) is 1.10. The van der Waals surface area contributed by atoms with Crippen LogP contribution in [0, 0.1) is 0 Å². The summed E-state index contributed by atoms with van der Waals surface area (Å²) in [4.78, 5) is 12.6. The van der Waals surface area contributed by atoms with Crippen LogP contribution in [0.2, 0.25) is 0 Å². The molecule has 16 heavy (non-hydrogen) atoms. The average Bonchev–Trinajstić information content (AvgIpc) is 2.48. The van der Waals surface area contributed by atoms with Gasteiger partial charge in [0.1, 0.15) is 0 Å². The van der Waals surface area contributed by atoms with Gasteiger partial charge in [-0.3, -0.25) is 4.79 Å². The Bertz CT molecular complexity index is 516. The lowest BCUT2D eigenvalue weighted by Gasteiger charge is -2.13. The molecule has 0 radical (unpaired) electrons. The Morgan fingerprint density at radius 3 is 3.00 bits per heavy atom. The van der Waals surface area contributed by atoms with Gasteiger partial charge in [-0.15, -0.1) is 11.8 Å². The number of carbonyl (C=O) groups is 1. The second-order valence-corrected chi connectivity index (χ2v) is 4.92. The largest absolute Gasteiger partial charge is 0.355 e. The molecule has 3 heteroatoms. The van der Waals surface area contributed by atoms with Crippen LogP contribution in [-0.4, -0.2) is 11.5 Å². The van der Waals surface area contributed by atoms with Crippen molar-refractivity contribution in [2.24, 2.45) is 0 Å². The normalized spacial score (nSPS) is 18.6. The van der Waals surface area contributed by atoms with Crippen LogP contribution in [-0.2, 0) is 4.79 Å². The highest BCUT2D eigenvalue weighted by Gasteiger charge is 2.18. The lowest BCUT2D eigenvalue weighted by molar-refractivity contribution is -0.114. The van der Waals surface area contributed by atoms with Crippen molar-refractivity contribution in [1.82, 2.24) is 0 Å². The van der Waals surface area contributed by atoms with Crippen LogP contribution in [0.15, 0.2) is 52.6 Å². The molecule has 0 fully saturated rings. The van der Waals surface area contributed by atoms with Crippen LogP contribution < -0.4 is 5.32 Å². The number of thioether (sulfide) groups is 1. The second kappa shape index (κ2) is 3.83. The summed E-state index contributed by atoms with van der Waals surface area (Å²) < 4.78 is 0. The summed E-state index contributed by atoms with van der Waals surface area (Å²) in [6, 6.07) is 8.24. The zero-order valence-corrected chi connectivity index (χ0v) is 9.51. The molecular formula is C13H11NOS. The highest BCUT2D eigenvalue weighted by atomic mass is 32.2. The van der Waals surface area contributed by atoms with Gasteiger partial charge in [0.2, 0.25) is 0 Å². The van der Waals surface area contributed by atoms with Gasteiger partial charge < -0.3 is 5.32 Å². The number of fused-ring (bicyclic) bond motifs is 1. The maximum absolute atomic E-state index is 11.3. The molecule has 0 amide bonds. The number of anilines is 1. The zero-order chi connectivity index (χ0) is 11.0. The predicted octanol–water partition coefficient (Wildman–Crippen LogP) is 2.99. The molecule has 1 aliphatic heterocycles. The fourth-order valence-electron chi connectivity index (χ4n) is 1.92. The van der Waals surface area contributed by atoms with E-state index in [9.17, 15) is 4.79 Å². The van der Waals surface area contributed by atoms with Crippen LogP contribution in [0.5, 0.6) is 0 Å². The Morgan fingerprint density at radius 1 is 1.19 bits per heavy atom. The number of hydrogen-bond donors (Lipinski definition) is 1. The number of allylic oxidation sites excluding steroid dienone is 2. The number of nitrogens with one attached hydrogen (secondary N) is 1. The molecule has 0 saturated heterocycles. The highest BCUT2D eigenvalue weighted by molar-refractivity contribution is 7.99. The minimum atomic E-state index is 0.201. The zero-order valence-electron chi connectivity index (χ0n) is 8.69. The molecule has 0 aromatic heterocycles. The van der Waals surface area contributed by atoms with Gasteiger partial charge in [0.05, 0.1) is 5.69 Å². The molecule has 1 aliphatic carbocycles. The van der Waals surface area contributed by atoms with E-state index in [4.69, 9.17) is 0 Å². The van der Waals surface area contributed by atoms with Crippen molar-refractivity contribution in [3.8, 4) is 0 Å². The van der Waals surface area contributed by atoms with Crippen LogP contribution in [0.4, 0.5) is 5.69 Å². The third-order valence-corrected chi connectivity index (χ3v) is 3.92. The van der Waals surface area contributed by atoms with Crippen molar-refractivity contribution in [3.05, 3.63) is 47.7 Å². The average molecular weight is 229 g/mol. The van der Waals surface area contributed by atoms with Gasteiger partial charge in [0, 0.05) is 22.8 Å². The Hall–Kier alpha value is -1.48. The molecule has 0 saturated carbocycles. The fourth-order valence-corrected chi connectivity index (χ4v) is 2.96. The van der Waals surface area contributed by atoms with Crippen molar-refractivity contribution in [2.45, 2.75) is 11.3 Å². The molecule has 0 spiro atoms. The van der Waals surface area contributed by atoms with Gasteiger partial charge >= 0.3 is 0 Å². The van der Waals surface area contributed by atoms with Crippen LogP contribution >= 0.6 is 11.8 Å². The topological polar surface area (TPSA) is 29.1 Å². The van der Waals surface area contributed by atoms with E-state index in [-0.39, 0.29) is 5.78 Å². The van der Waals surface area contributed by atoms with Gasteiger partial charge in [0.15, 0.2) is 5.78 Å². The summed E-state index contributed by atoms with van der Waals surface area (Å²) in [6.07, 6.45) is 4.11. The SMILES string of the molecule is O=C1C=CC2=C(CSc3ccccc3N2)C1. The molecule has 2 aliphatic rings. The van der Waals surface area contributed by atoms with E-state index in [1.165, 1.54) is 10.5 Å². The van der Waals surface area contributed by atoms with Crippen molar-refractivity contribution in [1.29, 1.82) is 0 Å². The maximum atomic E-state index is 11.3. The number of carbonyl (C=O) groups excluding carboxylic acids is 1.